The van der Waals surface area contributed by atoms with Gasteiger partial charge in [0, 0.05) is 11.6 Å². The minimum Gasteiger partial charge on any atom is -0.493 e. The molecule has 2 rings (SSSR count). The van der Waals surface area contributed by atoms with Gasteiger partial charge < -0.3 is 4.74 Å². The Kier molecular flexibility index (Phi) is 4.82. The molecule has 0 saturated heterocycles. The van der Waals surface area contributed by atoms with E-state index >= 15 is 0 Å². The molecule has 7 heteroatoms. The maximum atomic E-state index is 14.3. The first-order chi connectivity index (χ1) is 10.0. The van der Waals surface area contributed by atoms with Crippen molar-refractivity contribution in [3.05, 3.63) is 46.5 Å². The average molecular weight is 313 g/mol. The van der Waals surface area contributed by atoms with Crippen LogP contribution in [0.4, 0.5) is 4.39 Å². The first kappa shape index (κ1) is 15.8. The van der Waals surface area contributed by atoms with Gasteiger partial charge in [-0.15, -0.1) is 0 Å². The minimum absolute atomic E-state index is 0.0438. The van der Waals surface area contributed by atoms with Crippen molar-refractivity contribution in [3.63, 3.8) is 0 Å². The molecule has 5 nitrogen and oxygen atoms in total. The van der Waals surface area contributed by atoms with Crippen molar-refractivity contribution < 1.29 is 9.13 Å². The van der Waals surface area contributed by atoms with Gasteiger partial charge in [0.25, 0.3) is 0 Å². The predicted octanol–water partition coefficient (Wildman–Crippen LogP) is 2.82. The second kappa shape index (κ2) is 6.43. The highest BCUT2D eigenvalue weighted by molar-refractivity contribution is 6.30. The van der Waals surface area contributed by atoms with Crippen LogP contribution in [0.3, 0.4) is 0 Å². The SMILES string of the molecule is COc1cnn(C(C)C)c1C(NN)c1cccc(Cl)c1F. The number of nitrogens with two attached hydrogens (primary N) is 1. The summed E-state index contributed by atoms with van der Waals surface area (Å²) in [6, 6.07) is 4.24. The number of rotatable bonds is 5. The lowest BCUT2D eigenvalue weighted by molar-refractivity contribution is 0.392. The predicted molar refractivity (Wildman–Crippen MR) is 79.7 cm³/mol. The molecule has 0 fully saturated rings. The van der Waals surface area contributed by atoms with Crippen LogP contribution in [0.1, 0.15) is 37.2 Å². The van der Waals surface area contributed by atoms with Crippen LogP contribution in [0.2, 0.25) is 5.02 Å². The quantitative estimate of drug-likeness (QED) is 0.658. The molecule has 0 aliphatic carbocycles. The Bertz CT molecular complexity index is 629. The van der Waals surface area contributed by atoms with E-state index in [1.165, 1.54) is 13.2 Å². The number of hydrogen-bond donors (Lipinski definition) is 2. The fourth-order valence-electron chi connectivity index (χ4n) is 2.26. The highest BCUT2D eigenvalue weighted by Crippen LogP contribution is 2.34. The molecule has 0 saturated carbocycles. The monoisotopic (exact) mass is 312 g/mol. The number of aromatic nitrogens is 2. The Labute approximate surface area is 127 Å². The Balaban J connectivity index is 2.61. The molecule has 0 amide bonds. The van der Waals surface area contributed by atoms with E-state index in [-0.39, 0.29) is 11.1 Å². The lowest BCUT2D eigenvalue weighted by atomic mass is 10.0. The highest BCUT2D eigenvalue weighted by Gasteiger charge is 2.26. The molecule has 1 heterocycles. The summed E-state index contributed by atoms with van der Waals surface area (Å²) in [5.74, 6) is 5.67. The fourth-order valence-corrected chi connectivity index (χ4v) is 2.44. The van der Waals surface area contributed by atoms with Gasteiger partial charge in [-0.3, -0.25) is 10.5 Å². The summed E-state index contributed by atoms with van der Waals surface area (Å²) < 4.78 is 21.4. The van der Waals surface area contributed by atoms with E-state index < -0.39 is 11.9 Å². The molecule has 3 N–H and O–H groups in total. The van der Waals surface area contributed by atoms with Crippen molar-refractivity contribution in [3.8, 4) is 5.75 Å². The Hall–Kier alpha value is -1.63. The molecule has 21 heavy (non-hydrogen) atoms. The van der Waals surface area contributed by atoms with Gasteiger partial charge in [-0.2, -0.15) is 5.10 Å². The first-order valence-corrected chi connectivity index (χ1v) is 6.90. The third-order valence-electron chi connectivity index (χ3n) is 3.24. The van der Waals surface area contributed by atoms with E-state index in [0.717, 1.165) is 0 Å². The fraction of sp³-hybridized carbons (Fsp3) is 0.357. The number of nitrogens with one attached hydrogen (secondary N) is 1. The molecule has 114 valence electrons. The lowest BCUT2D eigenvalue weighted by Gasteiger charge is -2.21. The number of nitrogens with zero attached hydrogens (tertiary/aromatic N) is 2. The summed E-state index contributed by atoms with van der Waals surface area (Å²) in [6.45, 7) is 3.94. The van der Waals surface area contributed by atoms with E-state index in [4.69, 9.17) is 22.2 Å². The molecule has 0 radical (unpaired) electrons. The van der Waals surface area contributed by atoms with Gasteiger partial charge in [0.05, 0.1) is 24.4 Å². The summed E-state index contributed by atoms with van der Waals surface area (Å²) >= 11 is 5.85. The summed E-state index contributed by atoms with van der Waals surface area (Å²) in [6.07, 6.45) is 1.59. The third kappa shape index (κ3) is 2.88. The maximum Gasteiger partial charge on any atom is 0.161 e. The molecule has 1 aromatic heterocycles. The van der Waals surface area contributed by atoms with Gasteiger partial charge in [0.1, 0.15) is 11.5 Å². The van der Waals surface area contributed by atoms with E-state index in [2.05, 4.69) is 10.5 Å². The first-order valence-electron chi connectivity index (χ1n) is 6.52. The molecule has 0 aliphatic heterocycles. The molecular weight excluding hydrogens is 295 g/mol. The highest BCUT2D eigenvalue weighted by atomic mass is 35.5. The van der Waals surface area contributed by atoms with Crippen molar-refractivity contribution in [2.75, 3.05) is 7.11 Å². The zero-order valence-electron chi connectivity index (χ0n) is 12.1. The summed E-state index contributed by atoms with van der Waals surface area (Å²) in [5.41, 5.74) is 3.61. The molecular formula is C14H18ClFN4O. The third-order valence-corrected chi connectivity index (χ3v) is 3.53. The normalized spacial score (nSPS) is 12.7. The summed E-state index contributed by atoms with van der Waals surface area (Å²) in [5, 5.41) is 4.32. The zero-order chi connectivity index (χ0) is 15.6. The van der Waals surface area contributed by atoms with Crippen LogP contribution in [0.25, 0.3) is 0 Å². The Morgan fingerprint density at radius 1 is 1.43 bits per heavy atom. The number of hydrogen-bond acceptors (Lipinski definition) is 4. The molecule has 1 unspecified atom stereocenters. The van der Waals surface area contributed by atoms with E-state index in [1.807, 2.05) is 13.8 Å². The van der Waals surface area contributed by atoms with Crippen molar-refractivity contribution in [2.45, 2.75) is 25.9 Å². The van der Waals surface area contributed by atoms with Crippen LogP contribution < -0.4 is 16.0 Å². The lowest BCUT2D eigenvalue weighted by Crippen LogP contribution is -2.32. The smallest absolute Gasteiger partial charge is 0.161 e. The Morgan fingerprint density at radius 3 is 2.71 bits per heavy atom. The molecule has 0 bridgehead atoms. The van der Waals surface area contributed by atoms with Gasteiger partial charge in [-0.05, 0) is 19.9 Å². The van der Waals surface area contributed by atoms with Crippen LogP contribution in [-0.2, 0) is 0 Å². The van der Waals surface area contributed by atoms with E-state index in [9.17, 15) is 4.39 Å². The standard InChI is InChI=1S/C14H18ClFN4O/c1-8(2)20-14(11(21-3)7-18-20)13(19-17)9-5-4-6-10(15)12(9)16/h4-8,13,19H,17H2,1-3H3. The van der Waals surface area contributed by atoms with Crippen molar-refractivity contribution in [1.29, 1.82) is 0 Å². The van der Waals surface area contributed by atoms with Crippen molar-refractivity contribution in [2.24, 2.45) is 5.84 Å². The summed E-state index contributed by atoms with van der Waals surface area (Å²) in [4.78, 5) is 0. The molecule has 0 aliphatic rings. The largest absolute Gasteiger partial charge is 0.493 e. The zero-order valence-corrected chi connectivity index (χ0v) is 12.9. The van der Waals surface area contributed by atoms with Gasteiger partial charge in [-0.25, -0.2) is 9.82 Å². The van der Waals surface area contributed by atoms with Gasteiger partial charge in [0.2, 0.25) is 0 Å². The number of ether oxygens (including phenoxy) is 1. The van der Waals surface area contributed by atoms with Gasteiger partial charge >= 0.3 is 0 Å². The Morgan fingerprint density at radius 2 is 2.14 bits per heavy atom. The van der Waals surface area contributed by atoms with Crippen molar-refractivity contribution in [1.82, 2.24) is 15.2 Å². The van der Waals surface area contributed by atoms with Gasteiger partial charge in [-0.1, -0.05) is 23.7 Å². The van der Waals surface area contributed by atoms with Crippen LogP contribution in [-0.4, -0.2) is 16.9 Å². The summed E-state index contributed by atoms with van der Waals surface area (Å²) in [7, 11) is 1.53. The van der Waals surface area contributed by atoms with E-state index in [0.29, 0.717) is 17.0 Å². The topological polar surface area (TPSA) is 65.1 Å². The second-order valence-electron chi connectivity index (χ2n) is 4.88. The van der Waals surface area contributed by atoms with Crippen LogP contribution >= 0.6 is 11.6 Å². The average Bonchev–Trinajstić information content (AvgIpc) is 2.88. The minimum atomic E-state index is -0.622. The van der Waals surface area contributed by atoms with Crippen LogP contribution in [0, 0.1) is 5.82 Å². The van der Waals surface area contributed by atoms with Crippen molar-refractivity contribution >= 4 is 11.6 Å². The molecule has 1 atom stereocenters. The number of benzene rings is 1. The maximum absolute atomic E-state index is 14.3. The molecule has 0 spiro atoms. The molecule has 2 aromatic rings. The van der Waals surface area contributed by atoms with Crippen LogP contribution in [0.15, 0.2) is 24.4 Å². The van der Waals surface area contributed by atoms with Gasteiger partial charge in [0.15, 0.2) is 5.75 Å². The van der Waals surface area contributed by atoms with Crippen LogP contribution in [0.5, 0.6) is 5.75 Å². The second-order valence-corrected chi connectivity index (χ2v) is 5.29. The van der Waals surface area contributed by atoms with E-state index in [1.54, 1.807) is 23.0 Å². The number of methoxy groups -OCH3 is 1. The molecule has 1 aromatic carbocycles. The number of hydrazine groups is 1. The number of halogens is 2.